The Morgan fingerprint density at radius 2 is 1.88 bits per heavy atom. The SMILES string of the molecule is Cc1nn(CCO)c(C)c1CNC(C)c1ccc2ccccc2c1. The first-order valence-corrected chi connectivity index (χ1v) is 8.46. The van der Waals surface area contributed by atoms with Gasteiger partial charge in [0, 0.05) is 23.8 Å². The van der Waals surface area contributed by atoms with Crippen molar-refractivity contribution in [3.8, 4) is 0 Å². The molecule has 0 amide bonds. The Labute approximate surface area is 143 Å². The number of aryl methyl sites for hydroxylation is 1. The smallest absolute Gasteiger partial charge is 0.0644 e. The number of rotatable bonds is 6. The van der Waals surface area contributed by atoms with Gasteiger partial charge >= 0.3 is 0 Å². The summed E-state index contributed by atoms with van der Waals surface area (Å²) < 4.78 is 1.88. The Balaban J connectivity index is 1.74. The van der Waals surface area contributed by atoms with Crippen LogP contribution in [0, 0.1) is 13.8 Å². The third-order valence-corrected chi connectivity index (χ3v) is 4.70. The van der Waals surface area contributed by atoms with Crippen molar-refractivity contribution in [2.75, 3.05) is 6.61 Å². The van der Waals surface area contributed by atoms with Gasteiger partial charge in [-0.2, -0.15) is 5.10 Å². The summed E-state index contributed by atoms with van der Waals surface area (Å²) in [5.74, 6) is 0. The number of aliphatic hydroxyl groups is 1. The van der Waals surface area contributed by atoms with E-state index in [1.54, 1.807) is 0 Å². The fourth-order valence-electron chi connectivity index (χ4n) is 3.15. The highest BCUT2D eigenvalue weighted by atomic mass is 16.3. The van der Waals surface area contributed by atoms with Crippen LogP contribution in [0.4, 0.5) is 0 Å². The lowest BCUT2D eigenvalue weighted by atomic mass is 10.0. The standard InChI is InChI=1S/C20H25N3O/c1-14(18-9-8-17-6-4-5-7-19(17)12-18)21-13-20-15(2)22-23(10-11-24)16(20)3/h4-9,12,14,21,24H,10-11,13H2,1-3H3. The fourth-order valence-corrected chi connectivity index (χ4v) is 3.15. The van der Waals surface area contributed by atoms with Crippen molar-refractivity contribution in [2.45, 2.75) is 39.9 Å². The van der Waals surface area contributed by atoms with Crippen molar-refractivity contribution in [1.82, 2.24) is 15.1 Å². The molecule has 24 heavy (non-hydrogen) atoms. The van der Waals surface area contributed by atoms with Gasteiger partial charge in [0.15, 0.2) is 0 Å². The number of aliphatic hydroxyl groups excluding tert-OH is 1. The van der Waals surface area contributed by atoms with Crippen LogP contribution in [0.15, 0.2) is 42.5 Å². The van der Waals surface area contributed by atoms with Crippen LogP contribution in [0.1, 0.15) is 35.5 Å². The minimum atomic E-state index is 0.113. The molecule has 2 N–H and O–H groups in total. The minimum absolute atomic E-state index is 0.113. The van der Waals surface area contributed by atoms with Crippen LogP contribution in [0.2, 0.25) is 0 Å². The number of hydrogen-bond donors (Lipinski definition) is 2. The quantitative estimate of drug-likeness (QED) is 0.730. The van der Waals surface area contributed by atoms with E-state index in [4.69, 9.17) is 5.11 Å². The molecule has 1 unspecified atom stereocenters. The zero-order valence-electron chi connectivity index (χ0n) is 14.6. The number of hydrogen-bond acceptors (Lipinski definition) is 3. The van der Waals surface area contributed by atoms with Crippen molar-refractivity contribution >= 4 is 10.8 Å². The summed E-state index contributed by atoms with van der Waals surface area (Å²) >= 11 is 0. The first-order chi connectivity index (χ1) is 11.6. The maximum atomic E-state index is 9.12. The van der Waals surface area contributed by atoms with Crippen molar-refractivity contribution in [3.05, 3.63) is 65.0 Å². The number of nitrogens with zero attached hydrogens (tertiary/aromatic N) is 2. The van der Waals surface area contributed by atoms with Crippen molar-refractivity contribution < 1.29 is 5.11 Å². The van der Waals surface area contributed by atoms with Gasteiger partial charge in [0.2, 0.25) is 0 Å². The van der Waals surface area contributed by atoms with Gasteiger partial charge in [-0.1, -0.05) is 36.4 Å². The molecule has 0 radical (unpaired) electrons. The van der Waals surface area contributed by atoms with E-state index in [0.29, 0.717) is 6.54 Å². The third kappa shape index (κ3) is 3.35. The Bertz CT molecular complexity index is 838. The fraction of sp³-hybridized carbons (Fsp3) is 0.350. The lowest BCUT2D eigenvalue weighted by Gasteiger charge is -2.15. The lowest BCUT2D eigenvalue weighted by Crippen LogP contribution is -2.19. The van der Waals surface area contributed by atoms with Crippen LogP contribution in [0.3, 0.4) is 0 Å². The van der Waals surface area contributed by atoms with E-state index >= 15 is 0 Å². The van der Waals surface area contributed by atoms with Crippen LogP contribution in [0.5, 0.6) is 0 Å². The van der Waals surface area contributed by atoms with E-state index in [1.165, 1.54) is 21.9 Å². The van der Waals surface area contributed by atoms with Gasteiger partial charge in [0.1, 0.15) is 0 Å². The molecule has 0 bridgehead atoms. The van der Waals surface area contributed by atoms with Gasteiger partial charge in [-0.15, -0.1) is 0 Å². The maximum Gasteiger partial charge on any atom is 0.0644 e. The van der Waals surface area contributed by atoms with Gasteiger partial charge in [-0.05, 0) is 43.2 Å². The van der Waals surface area contributed by atoms with Crippen molar-refractivity contribution in [3.63, 3.8) is 0 Å². The molecule has 0 saturated heterocycles. The van der Waals surface area contributed by atoms with Crippen LogP contribution in [-0.2, 0) is 13.1 Å². The summed E-state index contributed by atoms with van der Waals surface area (Å²) in [7, 11) is 0. The molecule has 0 aliphatic carbocycles. The van der Waals surface area contributed by atoms with Gasteiger partial charge < -0.3 is 10.4 Å². The summed E-state index contributed by atoms with van der Waals surface area (Å²) in [4.78, 5) is 0. The van der Waals surface area contributed by atoms with Gasteiger partial charge in [0.25, 0.3) is 0 Å². The molecule has 0 saturated carbocycles. The van der Waals surface area contributed by atoms with Gasteiger partial charge in [-0.3, -0.25) is 4.68 Å². The molecule has 3 rings (SSSR count). The van der Waals surface area contributed by atoms with Crippen LogP contribution in [0.25, 0.3) is 10.8 Å². The molecule has 3 aromatic rings. The maximum absolute atomic E-state index is 9.12. The average Bonchev–Trinajstić information content (AvgIpc) is 2.86. The Morgan fingerprint density at radius 3 is 2.62 bits per heavy atom. The zero-order chi connectivity index (χ0) is 17.1. The first kappa shape index (κ1) is 16.7. The molecule has 2 aromatic carbocycles. The second-order valence-electron chi connectivity index (χ2n) is 6.31. The van der Waals surface area contributed by atoms with Crippen LogP contribution >= 0.6 is 0 Å². The molecule has 1 atom stereocenters. The number of nitrogens with one attached hydrogen (secondary N) is 1. The molecule has 1 aromatic heterocycles. The largest absolute Gasteiger partial charge is 0.394 e. The van der Waals surface area contributed by atoms with Gasteiger partial charge in [0.05, 0.1) is 18.8 Å². The second-order valence-corrected chi connectivity index (χ2v) is 6.31. The van der Waals surface area contributed by atoms with Gasteiger partial charge in [-0.25, -0.2) is 0 Å². The predicted octanol–water partition coefficient (Wildman–Crippen LogP) is 3.50. The van der Waals surface area contributed by atoms with E-state index in [-0.39, 0.29) is 12.6 Å². The van der Waals surface area contributed by atoms with E-state index in [0.717, 1.165) is 17.9 Å². The summed E-state index contributed by atoms with van der Waals surface area (Å²) in [5, 5.41) is 19.8. The van der Waals surface area contributed by atoms with E-state index < -0.39 is 0 Å². The lowest BCUT2D eigenvalue weighted by molar-refractivity contribution is 0.267. The molecule has 4 nitrogen and oxygen atoms in total. The van der Waals surface area contributed by atoms with Crippen LogP contribution < -0.4 is 5.32 Å². The average molecular weight is 323 g/mol. The topological polar surface area (TPSA) is 50.1 Å². The van der Waals surface area contributed by atoms with E-state index in [9.17, 15) is 0 Å². The molecule has 0 aliphatic rings. The van der Waals surface area contributed by atoms with Crippen molar-refractivity contribution in [2.24, 2.45) is 0 Å². The van der Waals surface area contributed by atoms with E-state index in [2.05, 4.69) is 66.7 Å². The number of benzene rings is 2. The highest BCUT2D eigenvalue weighted by Crippen LogP contribution is 2.21. The summed E-state index contributed by atoms with van der Waals surface area (Å²) in [6, 6.07) is 15.3. The van der Waals surface area contributed by atoms with E-state index in [1.807, 2.05) is 11.6 Å². The highest BCUT2D eigenvalue weighted by molar-refractivity contribution is 5.83. The second kappa shape index (κ2) is 7.16. The summed E-state index contributed by atoms with van der Waals surface area (Å²) in [6.07, 6.45) is 0. The van der Waals surface area contributed by atoms with Crippen LogP contribution in [-0.4, -0.2) is 21.5 Å². The Kier molecular flexibility index (Phi) is 4.97. The minimum Gasteiger partial charge on any atom is -0.394 e. The monoisotopic (exact) mass is 323 g/mol. The summed E-state index contributed by atoms with van der Waals surface area (Å²) in [6.45, 7) is 7.71. The number of aromatic nitrogens is 2. The molecule has 4 heteroatoms. The molecular weight excluding hydrogens is 298 g/mol. The predicted molar refractivity (Wildman–Crippen MR) is 98.0 cm³/mol. The molecular formula is C20H25N3O. The normalized spacial score (nSPS) is 12.7. The molecule has 0 aliphatic heterocycles. The van der Waals surface area contributed by atoms with Crippen molar-refractivity contribution in [1.29, 1.82) is 0 Å². The summed E-state index contributed by atoms with van der Waals surface area (Å²) in [5.41, 5.74) is 4.65. The highest BCUT2D eigenvalue weighted by Gasteiger charge is 2.13. The molecule has 126 valence electrons. The molecule has 0 spiro atoms. The molecule has 1 heterocycles. The zero-order valence-corrected chi connectivity index (χ0v) is 14.6. The molecule has 0 fully saturated rings. The number of fused-ring (bicyclic) bond motifs is 1. The first-order valence-electron chi connectivity index (χ1n) is 8.46. The third-order valence-electron chi connectivity index (χ3n) is 4.70. The Morgan fingerprint density at radius 1 is 1.12 bits per heavy atom. The Hall–Kier alpha value is -2.17.